The van der Waals surface area contributed by atoms with Gasteiger partial charge in [-0.2, -0.15) is 0 Å². The number of nitrogens with zero attached hydrogens (tertiary/aromatic N) is 4. The van der Waals surface area contributed by atoms with Gasteiger partial charge in [0.2, 0.25) is 0 Å². The van der Waals surface area contributed by atoms with E-state index in [1.807, 2.05) is 6.07 Å². The van der Waals surface area contributed by atoms with Gasteiger partial charge >= 0.3 is 0 Å². The number of benzene rings is 5. The lowest BCUT2D eigenvalue weighted by Crippen LogP contribution is -2.01. The minimum Gasteiger partial charge on any atom is -0.292 e. The molecule has 0 aliphatic heterocycles. The first kappa shape index (κ1) is 20.9. The first-order valence-electron chi connectivity index (χ1n) is 12.8. The number of aromatic nitrogens is 4. The molecule has 8 rings (SSSR count). The van der Waals surface area contributed by atoms with Gasteiger partial charge < -0.3 is 0 Å². The molecular formula is C34H22N4. The molecule has 0 bridgehead atoms. The van der Waals surface area contributed by atoms with Gasteiger partial charge in [0.05, 0.1) is 16.7 Å². The fourth-order valence-electron chi connectivity index (χ4n) is 5.67. The molecule has 0 saturated carbocycles. The molecule has 3 heterocycles. The van der Waals surface area contributed by atoms with Crippen LogP contribution in [-0.2, 0) is 0 Å². The average Bonchev–Trinajstić information content (AvgIpc) is 3.49. The molecule has 4 heteroatoms. The Morgan fingerprint density at radius 3 is 1.66 bits per heavy atom. The average molecular weight is 487 g/mol. The standard InChI is InChI=1S/C34H22N4/c1-3-13-23(14-4-1)25-17-7-10-20-28(25)38-30-22-12-9-19-27(30)32-34(38)36-33-31(35-32)26-18-8-11-21-29(26)37(33)24-15-5-2-6-16-24/h1-22H. The van der Waals surface area contributed by atoms with E-state index in [-0.39, 0.29) is 0 Å². The Morgan fingerprint density at radius 2 is 0.947 bits per heavy atom. The van der Waals surface area contributed by atoms with Crippen molar-refractivity contribution in [1.82, 2.24) is 19.1 Å². The topological polar surface area (TPSA) is 35.6 Å². The summed E-state index contributed by atoms with van der Waals surface area (Å²) < 4.78 is 4.49. The third kappa shape index (κ3) is 2.98. The van der Waals surface area contributed by atoms with Crippen molar-refractivity contribution in [3.8, 4) is 22.5 Å². The van der Waals surface area contributed by atoms with Crippen LogP contribution in [0.5, 0.6) is 0 Å². The third-order valence-electron chi connectivity index (χ3n) is 7.33. The van der Waals surface area contributed by atoms with Crippen LogP contribution in [0.2, 0.25) is 0 Å². The number of hydrogen-bond donors (Lipinski definition) is 0. The van der Waals surface area contributed by atoms with Crippen molar-refractivity contribution < 1.29 is 0 Å². The fourth-order valence-corrected chi connectivity index (χ4v) is 5.67. The van der Waals surface area contributed by atoms with E-state index in [4.69, 9.17) is 9.97 Å². The van der Waals surface area contributed by atoms with Gasteiger partial charge in [0.1, 0.15) is 11.0 Å². The lowest BCUT2D eigenvalue weighted by molar-refractivity contribution is 1.10. The van der Waals surface area contributed by atoms with Gasteiger partial charge in [-0.25, -0.2) is 9.97 Å². The van der Waals surface area contributed by atoms with Crippen molar-refractivity contribution in [3.05, 3.63) is 133 Å². The maximum absolute atomic E-state index is 5.40. The number of fused-ring (bicyclic) bond motifs is 6. The van der Waals surface area contributed by atoms with Gasteiger partial charge in [0, 0.05) is 22.0 Å². The summed E-state index contributed by atoms with van der Waals surface area (Å²) in [5.41, 5.74) is 10.2. The summed E-state index contributed by atoms with van der Waals surface area (Å²) in [5, 5.41) is 2.19. The Balaban J connectivity index is 1.55. The molecule has 8 aromatic rings. The predicted molar refractivity (Wildman–Crippen MR) is 156 cm³/mol. The van der Waals surface area contributed by atoms with E-state index in [0.29, 0.717) is 0 Å². The summed E-state index contributed by atoms with van der Waals surface area (Å²) in [6.45, 7) is 0. The molecule has 0 unspecified atom stereocenters. The second kappa shape index (κ2) is 8.15. The highest BCUT2D eigenvalue weighted by molar-refractivity contribution is 6.12. The minimum atomic E-state index is 0.849. The normalized spacial score (nSPS) is 11.7. The van der Waals surface area contributed by atoms with E-state index in [9.17, 15) is 0 Å². The van der Waals surface area contributed by atoms with E-state index in [1.165, 1.54) is 5.56 Å². The molecule has 0 N–H and O–H groups in total. The minimum absolute atomic E-state index is 0.849. The van der Waals surface area contributed by atoms with Gasteiger partial charge in [0.25, 0.3) is 0 Å². The summed E-state index contributed by atoms with van der Waals surface area (Å²) in [6, 6.07) is 46.4. The van der Waals surface area contributed by atoms with Crippen molar-refractivity contribution >= 4 is 44.1 Å². The molecule has 0 fully saturated rings. The van der Waals surface area contributed by atoms with Gasteiger partial charge in [-0.15, -0.1) is 0 Å². The molecule has 5 aromatic carbocycles. The maximum atomic E-state index is 5.40. The molecule has 178 valence electrons. The highest BCUT2D eigenvalue weighted by Crippen LogP contribution is 2.37. The van der Waals surface area contributed by atoms with Crippen LogP contribution < -0.4 is 0 Å². The van der Waals surface area contributed by atoms with Crippen LogP contribution in [0.4, 0.5) is 0 Å². The van der Waals surface area contributed by atoms with Crippen molar-refractivity contribution in [2.45, 2.75) is 0 Å². The zero-order chi connectivity index (χ0) is 25.1. The Kier molecular flexibility index (Phi) is 4.49. The lowest BCUT2D eigenvalue weighted by atomic mass is 10.0. The monoisotopic (exact) mass is 486 g/mol. The first-order chi connectivity index (χ1) is 18.9. The molecule has 38 heavy (non-hydrogen) atoms. The molecule has 0 spiro atoms. The molecule has 0 atom stereocenters. The van der Waals surface area contributed by atoms with E-state index in [2.05, 4.69) is 137 Å². The largest absolute Gasteiger partial charge is 0.292 e. The highest BCUT2D eigenvalue weighted by Gasteiger charge is 2.21. The quantitative estimate of drug-likeness (QED) is 0.252. The van der Waals surface area contributed by atoms with Gasteiger partial charge in [0.15, 0.2) is 11.3 Å². The van der Waals surface area contributed by atoms with Crippen molar-refractivity contribution in [2.75, 3.05) is 0 Å². The van der Waals surface area contributed by atoms with Crippen LogP contribution in [0.1, 0.15) is 0 Å². The summed E-state index contributed by atoms with van der Waals surface area (Å²) in [7, 11) is 0. The third-order valence-corrected chi connectivity index (χ3v) is 7.33. The molecule has 0 aliphatic carbocycles. The SMILES string of the molecule is c1ccc(-c2ccccc2-n2c3ccccc3c3nc4c5ccccc5n(-c5ccccc5)c4nc32)cc1. The van der Waals surface area contributed by atoms with Crippen molar-refractivity contribution in [2.24, 2.45) is 0 Å². The highest BCUT2D eigenvalue weighted by atomic mass is 15.1. The lowest BCUT2D eigenvalue weighted by Gasteiger charge is -2.13. The smallest absolute Gasteiger partial charge is 0.166 e. The van der Waals surface area contributed by atoms with Gasteiger partial charge in [-0.1, -0.05) is 103 Å². The van der Waals surface area contributed by atoms with E-state index in [1.54, 1.807) is 0 Å². The van der Waals surface area contributed by atoms with Crippen LogP contribution in [0.15, 0.2) is 133 Å². The van der Waals surface area contributed by atoms with Crippen molar-refractivity contribution in [1.29, 1.82) is 0 Å². The van der Waals surface area contributed by atoms with Gasteiger partial charge in [-0.3, -0.25) is 9.13 Å². The summed E-state index contributed by atoms with van der Waals surface area (Å²) >= 11 is 0. The van der Waals surface area contributed by atoms with E-state index >= 15 is 0 Å². The zero-order valence-electron chi connectivity index (χ0n) is 20.5. The Bertz CT molecular complexity index is 2120. The number of rotatable bonds is 3. The molecule has 0 aliphatic rings. The summed E-state index contributed by atoms with van der Waals surface area (Å²) in [5.74, 6) is 0. The first-order valence-corrected chi connectivity index (χ1v) is 12.8. The molecule has 0 saturated heterocycles. The van der Waals surface area contributed by atoms with Crippen LogP contribution in [-0.4, -0.2) is 19.1 Å². The van der Waals surface area contributed by atoms with Crippen LogP contribution in [0.25, 0.3) is 66.6 Å². The second-order valence-corrected chi connectivity index (χ2v) is 9.49. The van der Waals surface area contributed by atoms with Crippen molar-refractivity contribution in [3.63, 3.8) is 0 Å². The van der Waals surface area contributed by atoms with E-state index in [0.717, 1.165) is 61.1 Å². The van der Waals surface area contributed by atoms with Crippen LogP contribution >= 0.6 is 0 Å². The zero-order valence-corrected chi connectivity index (χ0v) is 20.5. The maximum Gasteiger partial charge on any atom is 0.166 e. The van der Waals surface area contributed by atoms with Crippen LogP contribution in [0.3, 0.4) is 0 Å². The van der Waals surface area contributed by atoms with E-state index < -0.39 is 0 Å². The second-order valence-electron chi connectivity index (χ2n) is 9.49. The molecule has 0 radical (unpaired) electrons. The summed E-state index contributed by atoms with van der Waals surface area (Å²) in [4.78, 5) is 10.7. The Morgan fingerprint density at radius 1 is 0.421 bits per heavy atom. The Hall–Kier alpha value is -5.22. The Labute approximate surface area is 219 Å². The van der Waals surface area contributed by atoms with Crippen LogP contribution in [0, 0.1) is 0 Å². The fraction of sp³-hybridized carbons (Fsp3) is 0. The van der Waals surface area contributed by atoms with Gasteiger partial charge in [-0.05, 0) is 35.9 Å². The molecule has 4 nitrogen and oxygen atoms in total. The molecule has 0 amide bonds. The molecule has 3 aromatic heterocycles. The predicted octanol–water partition coefficient (Wildman–Crippen LogP) is 8.34. The summed E-state index contributed by atoms with van der Waals surface area (Å²) in [6.07, 6.45) is 0. The number of hydrogen-bond acceptors (Lipinski definition) is 2. The number of para-hydroxylation sites is 4. The molecular weight excluding hydrogens is 464 g/mol.